The lowest BCUT2D eigenvalue weighted by molar-refractivity contribution is 0.379. The third kappa shape index (κ3) is 4.80. The first-order chi connectivity index (χ1) is 4.68. The zero-order chi connectivity index (χ0) is 7.98. The monoisotopic (exact) mass is 143 g/mol. The summed E-state index contributed by atoms with van der Waals surface area (Å²) in [4.78, 5) is 0. The summed E-state index contributed by atoms with van der Waals surface area (Å²) in [6.07, 6.45) is 3.84. The minimum absolute atomic E-state index is 0.831. The van der Waals surface area contributed by atoms with Gasteiger partial charge in [-0.3, -0.25) is 0 Å². The van der Waals surface area contributed by atoms with Gasteiger partial charge in [0.05, 0.1) is 0 Å². The molecular weight excluding hydrogens is 122 g/mol. The number of hydrogen-bond donors (Lipinski definition) is 1. The second kappa shape index (κ2) is 5.72. The van der Waals surface area contributed by atoms with Crippen LogP contribution in [0.5, 0.6) is 0 Å². The molecule has 0 amide bonds. The van der Waals surface area contributed by atoms with Crippen LogP contribution in [0.1, 0.15) is 40.0 Å². The van der Waals surface area contributed by atoms with Crippen molar-refractivity contribution in [3.05, 3.63) is 0 Å². The molecule has 0 aromatic heterocycles. The molecule has 0 aliphatic rings. The van der Waals surface area contributed by atoms with Gasteiger partial charge in [-0.25, -0.2) is 0 Å². The van der Waals surface area contributed by atoms with Crippen LogP contribution in [0.15, 0.2) is 0 Å². The molecule has 0 aliphatic carbocycles. The van der Waals surface area contributed by atoms with Gasteiger partial charge in [0, 0.05) is 0 Å². The van der Waals surface area contributed by atoms with E-state index in [0.717, 1.165) is 18.4 Å². The van der Waals surface area contributed by atoms with Crippen LogP contribution in [0.3, 0.4) is 0 Å². The largest absolute Gasteiger partial charge is 0.330 e. The normalized spacial score (nSPS) is 14.1. The van der Waals surface area contributed by atoms with E-state index in [9.17, 15) is 0 Å². The summed E-state index contributed by atoms with van der Waals surface area (Å²) in [5.41, 5.74) is 5.39. The van der Waals surface area contributed by atoms with E-state index in [4.69, 9.17) is 5.73 Å². The minimum atomic E-state index is 0.831. The highest BCUT2D eigenvalue weighted by atomic mass is 14.5. The van der Waals surface area contributed by atoms with Gasteiger partial charge in [0.2, 0.25) is 0 Å². The zero-order valence-corrected chi connectivity index (χ0v) is 7.56. The van der Waals surface area contributed by atoms with E-state index in [0.29, 0.717) is 0 Å². The summed E-state index contributed by atoms with van der Waals surface area (Å²) in [6, 6.07) is 0. The molecule has 0 saturated heterocycles. The minimum Gasteiger partial charge on any atom is -0.330 e. The van der Waals surface area contributed by atoms with Gasteiger partial charge in [-0.15, -0.1) is 0 Å². The van der Waals surface area contributed by atoms with Crippen molar-refractivity contribution in [1.29, 1.82) is 0 Å². The first-order valence-corrected chi connectivity index (χ1v) is 4.38. The smallest absolute Gasteiger partial charge is 0.00773 e. The molecule has 62 valence electrons. The van der Waals surface area contributed by atoms with Gasteiger partial charge in [0.1, 0.15) is 0 Å². The highest BCUT2D eigenvalue weighted by molar-refractivity contribution is 4.57. The Labute approximate surface area is 65.0 Å². The maximum absolute atomic E-state index is 5.39. The van der Waals surface area contributed by atoms with E-state index in [1.54, 1.807) is 0 Å². The Kier molecular flexibility index (Phi) is 5.70. The molecule has 0 radical (unpaired) electrons. The molecule has 0 unspecified atom stereocenters. The van der Waals surface area contributed by atoms with E-state index in [-0.39, 0.29) is 0 Å². The van der Waals surface area contributed by atoms with Gasteiger partial charge in [-0.05, 0) is 24.8 Å². The Morgan fingerprint density at radius 2 is 1.70 bits per heavy atom. The van der Waals surface area contributed by atoms with E-state index >= 15 is 0 Å². The molecule has 2 N–H and O–H groups in total. The van der Waals surface area contributed by atoms with Crippen molar-refractivity contribution in [2.75, 3.05) is 6.54 Å². The SMILES string of the molecule is CC(C)[C@@H](C)CCCCN. The average Bonchev–Trinajstić information content (AvgIpc) is 1.88. The van der Waals surface area contributed by atoms with Crippen molar-refractivity contribution in [3.63, 3.8) is 0 Å². The first kappa shape index (κ1) is 9.96. The van der Waals surface area contributed by atoms with Gasteiger partial charge in [0.15, 0.2) is 0 Å². The summed E-state index contributed by atoms with van der Waals surface area (Å²) >= 11 is 0. The summed E-state index contributed by atoms with van der Waals surface area (Å²) in [7, 11) is 0. The first-order valence-electron chi connectivity index (χ1n) is 4.38. The lowest BCUT2D eigenvalue weighted by Crippen LogP contribution is -2.05. The fourth-order valence-corrected chi connectivity index (χ4v) is 0.944. The Morgan fingerprint density at radius 1 is 1.10 bits per heavy atom. The quantitative estimate of drug-likeness (QED) is 0.588. The van der Waals surface area contributed by atoms with Crippen LogP contribution < -0.4 is 5.73 Å². The zero-order valence-electron chi connectivity index (χ0n) is 7.56. The van der Waals surface area contributed by atoms with Gasteiger partial charge >= 0.3 is 0 Å². The van der Waals surface area contributed by atoms with Crippen LogP contribution >= 0.6 is 0 Å². The van der Waals surface area contributed by atoms with Gasteiger partial charge < -0.3 is 5.73 Å². The summed E-state index contributed by atoms with van der Waals surface area (Å²) in [5.74, 6) is 1.70. The molecule has 0 rings (SSSR count). The molecule has 0 saturated carbocycles. The van der Waals surface area contributed by atoms with Gasteiger partial charge in [-0.1, -0.05) is 33.6 Å². The Morgan fingerprint density at radius 3 is 2.10 bits per heavy atom. The van der Waals surface area contributed by atoms with Crippen molar-refractivity contribution in [1.82, 2.24) is 0 Å². The molecular formula is C9H21N. The number of nitrogens with two attached hydrogens (primary N) is 1. The Hall–Kier alpha value is -0.0400. The predicted molar refractivity (Wildman–Crippen MR) is 46.9 cm³/mol. The maximum atomic E-state index is 5.39. The van der Waals surface area contributed by atoms with Crippen LogP contribution in [0.25, 0.3) is 0 Å². The molecule has 10 heavy (non-hydrogen) atoms. The van der Waals surface area contributed by atoms with Gasteiger partial charge in [0.25, 0.3) is 0 Å². The maximum Gasteiger partial charge on any atom is -0.00773 e. The second-order valence-corrected chi connectivity index (χ2v) is 3.51. The lowest BCUT2D eigenvalue weighted by Gasteiger charge is -2.14. The predicted octanol–water partition coefficient (Wildman–Crippen LogP) is 2.41. The third-order valence-electron chi connectivity index (χ3n) is 2.25. The number of hydrogen-bond acceptors (Lipinski definition) is 1. The number of rotatable bonds is 5. The molecule has 0 aromatic rings. The molecule has 0 aromatic carbocycles. The van der Waals surface area contributed by atoms with Crippen molar-refractivity contribution < 1.29 is 0 Å². The Balaban J connectivity index is 3.13. The fraction of sp³-hybridized carbons (Fsp3) is 1.00. The molecule has 0 aliphatic heterocycles. The summed E-state index contributed by atoms with van der Waals surface area (Å²) in [6.45, 7) is 7.74. The van der Waals surface area contributed by atoms with Crippen LogP contribution in [-0.4, -0.2) is 6.54 Å². The van der Waals surface area contributed by atoms with Crippen LogP contribution in [-0.2, 0) is 0 Å². The topological polar surface area (TPSA) is 26.0 Å². The van der Waals surface area contributed by atoms with Gasteiger partial charge in [-0.2, -0.15) is 0 Å². The van der Waals surface area contributed by atoms with Crippen molar-refractivity contribution in [2.24, 2.45) is 17.6 Å². The highest BCUT2D eigenvalue weighted by Gasteiger charge is 2.04. The van der Waals surface area contributed by atoms with E-state index in [1.165, 1.54) is 19.3 Å². The van der Waals surface area contributed by atoms with Crippen molar-refractivity contribution in [3.8, 4) is 0 Å². The average molecular weight is 143 g/mol. The lowest BCUT2D eigenvalue weighted by atomic mass is 9.93. The summed E-state index contributed by atoms with van der Waals surface area (Å²) < 4.78 is 0. The standard InChI is InChI=1S/C9H21N/c1-8(2)9(3)6-4-5-7-10/h8-9H,4-7,10H2,1-3H3/t9-/m0/s1. The van der Waals surface area contributed by atoms with Crippen LogP contribution in [0, 0.1) is 11.8 Å². The third-order valence-corrected chi connectivity index (χ3v) is 2.25. The van der Waals surface area contributed by atoms with E-state index in [2.05, 4.69) is 20.8 Å². The molecule has 0 spiro atoms. The van der Waals surface area contributed by atoms with Crippen molar-refractivity contribution >= 4 is 0 Å². The fourth-order valence-electron chi connectivity index (χ4n) is 0.944. The highest BCUT2D eigenvalue weighted by Crippen LogP contribution is 2.16. The molecule has 0 heterocycles. The van der Waals surface area contributed by atoms with E-state index < -0.39 is 0 Å². The Bertz CT molecular complexity index is 69.1. The summed E-state index contributed by atoms with van der Waals surface area (Å²) in [5, 5.41) is 0. The van der Waals surface area contributed by atoms with Crippen LogP contribution in [0.4, 0.5) is 0 Å². The molecule has 1 heteroatoms. The number of unbranched alkanes of at least 4 members (excludes halogenated alkanes) is 1. The molecule has 0 fully saturated rings. The van der Waals surface area contributed by atoms with Crippen LogP contribution in [0.2, 0.25) is 0 Å². The molecule has 1 nitrogen and oxygen atoms in total. The second-order valence-electron chi connectivity index (χ2n) is 3.51. The van der Waals surface area contributed by atoms with Crippen molar-refractivity contribution in [2.45, 2.75) is 40.0 Å². The molecule has 1 atom stereocenters. The van der Waals surface area contributed by atoms with E-state index in [1.807, 2.05) is 0 Å². The molecule has 0 bridgehead atoms.